The molecule has 2 N–H and O–H groups in total. The van der Waals surface area contributed by atoms with Crippen LogP contribution >= 0.6 is 0 Å². The van der Waals surface area contributed by atoms with Gasteiger partial charge in [0.15, 0.2) is 9.84 Å². The van der Waals surface area contributed by atoms with Gasteiger partial charge in [-0.05, 0) is 50.1 Å². The van der Waals surface area contributed by atoms with Gasteiger partial charge in [-0.25, -0.2) is 12.8 Å². The Morgan fingerprint density at radius 1 is 1.11 bits per heavy atom. The molecule has 2 amide bonds. The Kier molecular flexibility index (Phi) is 5.25. The number of amides is 2. The van der Waals surface area contributed by atoms with E-state index in [9.17, 15) is 22.4 Å². The predicted molar refractivity (Wildman–Crippen MR) is 105 cm³/mol. The van der Waals surface area contributed by atoms with E-state index in [0.717, 1.165) is 0 Å². The number of rotatable bonds is 4. The highest BCUT2D eigenvalue weighted by atomic mass is 32.2. The molecule has 1 fully saturated rings. The molecule has 0 radical (unpaired) electrons. The van der Waals surface area contributed by atoms with Crippen molar-refractivity contribution < 1.29 is 22.4 Å². The highest BCUT2D eigenvalue weighted by Gasteiger charge is 2.39. The van der Waals surface area contributed by atoms with Crippen molar-refractivity contribution in [3.05, 3.63) is 65.0 Å². The standard InChI is InChI=1S/C20H21FN2O4S/c1-13-7-8-14(18(24)23-20(2)9-10-28(26,27)12-20)11-17(13)22-19(25)15-5-3-4-6-16(15)21/h3-8,11H,9-10,12H2,1-2H3,(H,22,25)(H,23,24)/t20-/m0/s1. The van der Waals surface area contributed by atoms with Crippen molar-refractivity contribution in [2.24, 2.45) is 0 Å². The van der Waals surface area contributed by atoms with Gasteiger partial charge in [0.2, 0.25) is 0 Å². The first-order valence-electron chi connectivity index (χ1n) is 8.78. The second-order valence-electron chi connectivity index (χ2n) is 7.32. The van der Waals surface area contributed by atoms with Crippen LogP contribution in [0.15, 0.2) is 42.5 Å². The van der Waals surface area contributed by atoms with Crippen LogP contribution in [0.5, 0.6) is 0 Å². The van der Waals surface area contributed by atoms with Crippen LogP contribution in [0.25, 0.3) is 0 Å². The van der Waals surface area contributed by atoms with Crippen LogP contribution < -0.4 is 10.6 Å². The van der Waals surface area contributed by atoms with Gasteiger partial charge in [-0.3, -0.25) is 9.59 Å². The molecular formula is C20H21FN2O4S. The first-order valence-corrected chi connectivity index (χ1v) is 10.6. The van der Waals surface area contributed by atoms with Crippen molar-refractivity contribution in [3.63, 3.8) is 0 Å². The van der Waals surface area contributed by atoms with Crippen LogP contribution in [0.2, 0.25) is 0 Å². The van der Waals surface area contributed by atoms with Gasteiger partial charge in [-0.2, -0.15) is 0 Å². The summed E-state index contributed by atoms with van der Waals surface area (Å²) >= 11 is 0. The number of halogens is 1. The maximum atomic E-state index is 13.8. The third-order valence-electron chi connectivity index (χ3n) is 4.79. The summed E-state index contributed by atoms with van der Waals surface area (Å²) in [6.45, 7) is 3.45. The summed E-state index contributed by atoms with van der Waals surface area (Å²) in [4.78, 5) is 25.0. The summed E-state index contributed by atoms with van der Waals surface area (Å²) in [7, 11) is -3.15. The topological polar surface area (TPSA) is 92.3 Å². The smallest absolute Gasteiger partial charge is 0.258 e. The third kappa shape index (κ3) is 4.39. The largest absolute Gasteiger partial charge is 0.346 e. The molecule has 0 aliphatic carbocycles. The molecule has 28 heavy (non-hydrogen) atoms. The Morgan fingerprint density at radius 2 is 1.82 bits per heavy atom. The number of anilines is 1. The molecule has 1 atom stereocenters. The van der Waals surface area contributed by atoms with Crippen LogP contribution in [-0.4, -0.2) is 37.3 Å². The van der Waals surface area contributed by atoms with Crippen molar-refractivity contribution >= 4 is 27.3 Å². The molecular weight excluding hydrogens is 383 g/mol. The molecule has 3 rings (SSSR count). The van der Waals surface area contributed by atoms with E-state index in [1.807, 2.05) is 0 Å². The van der Waals surface area contributed by atoms with Gasteiger partial charge in [-0.15, -0.1) is 0 Å². The van der Waals surface area contributed by atoms with Gasteiger partial charge in [0, 0.05) is 11.3 Å². The van der Waals surface area contributed by atoms with Crippen molar-refractivity contribution in [2.45, 2.75) is 25.8 Å². The fourth-order valence-corrected chi connectivity index (χ4v) is 5.28. The molecule has 1 aliphatic heterocycles. The Hall–Kier alpha value is -2.74. The lowest BCUT2D eigenvalue weighted by atomic mass is 10.0. The molecule has 0 spiro atoms. The molecule has 0 bridgehead atoms. The Labute approximate surface area is 163 Å². The fourth-order valence-electron chi connectivity index (χ4n) is 3.19. The summed E-state index contributed by atoms with van der Waals surface area (Å²) in [5.74, 6) is -1.74. The lowest BCUT2D eigenvalue weighted by molar-refractivity contribution is 0.0914. The highest BCUT2D eigenvalue weighted by molar-refractivity contribution is 7.91. The maximum Gasteiger partial charge on any atom is 0.258 e. The zero-order valence-corrected chi connectivity index (χ0v) is 16.4. The van der Waals surface area contributed by atoms with Crippen molar-refractivity contribution in [2.75, 3.05) is 16.8 Å². The number of carbonyl (C=O) groups is 2. The summed E-state index contributed by atoms with van der Waals surface area (Å²) in [6.07, 6.45) is 0.351. The zero-order valence-electron chi connectivity index (χ0n) is 15.6. The summed E-state index contributed by atoms with van der Waals surface area (Å²) < 4.78 is 37.2. The minimum atomic E-state index is -3.15. The maximum absolute atomic E-state index is 13.8. The second kappa shape index (κ2) is 7.35. The Balaban J connectivity index is 1.79. The van der Waals surface area contributed by atoms with Gasteiger partial charge in [0.1, 0.15) is 5.82 Å². The zero-order chi connectivity index (χ0) is 20.5. The number of carbonyl (C=O) groups excluding carboxylic acids is 2. The van der Waals surface area contributed by atoms with Gasteiger partial charge in [0.25, 0.3) is 11.8 Å². The first kappa shape index (κ1) is 20.0. The van der Waals surface area contributed by atoms with Crippen LogP contribution in [0, 0.1) is 12.7 Å². The minimum Gasteiger partial charge on any atom is -0.346 e. The van der Waals surface area contributed by atoms with Gasteiger partial charge < -0.3 is 10.6 Å². The van der Waals surface area contributed by atoms with Crippen molar-refractivity contribution in [1.82, 2.24) is 5.32 Å². The van der Waals surface area contributed by atoms with Gasteiger partial charge in [0.05, 0.1) is 22.6 Å². The van der Waals surface area contributed by atoms with E-state index in [1.165, 1.54) is 24.3 Å². The predicted octanol–water partition coefficient (Wildman–Crippen LogP) is 2.69. The second-order valence-corrected chi connectivity index (χ2v) is 9.50. The molecule has 148 valence electrons. The van der Waals surface area contributed by atoms with E-state index in [4.69, 9.17) is 0 Å². The van der Waals surface area contributed by atoms with Gasteiger partial charge in [-0.1, -0.05) is 18.2 Å². The van der Waals surface area contributed by atoms with Crippen LogP contribution in [0.4, 0.5) is 10.1 Å². The van der Waals surface area contributed by atoms with Crippen LogP contribution in [0.1, 0.15) is 39.6 Å². The van der Waals surface area contributed by atoms with Crippen molar-refractivity contribution in [3.8, 4) is 0 Å². The molecule has 1 aliphatic rings. The van der Waals surface area contributed by atoms with Crippen LogP contribution in [0.3, 0.4) is 0 Å². The number of sulfone groups is 1. The van der Waals surface area contributed by atoms with E-state index >= 15 is 0 Å². The highest BCUT2D eigenvalue weighted by Crippen LogP contribution is 2.24. The van der Waals surface area contributed by atoms with E-state index in [-0.39, 0.29) is 22.6 Å². The number of benzene rings is 2. The average Bonchev–Trinajstić information content (AvgIpc) is 2.89. The molecule has 1 saturated heterocycles. The quantitative estimate of drug-likeness (QED) is 0.820. The van der Waals surface area contributed by atoms with E-state index < -0.39 is 33.0 Å². The lowest BCUT2D eigenvalue weighted by Gasteiger charge is -2.24. The molecule has 1 heterocycles. The molecule has 2 aromatic rings. The lowest BCUT2D eigenvalue weighted by Crippen LogP contribution is -2.46. The first-order chi connectivity index (χ1) is 13.1. The van der Waals surface area contributed by atoms with Gasteiger partial charge >= 0.3 is 0 Å². The summed E-state index contributed by atoms with van der Waals surface area (Å²) in [6, 6.07) is 10.4. The van der Waals surface area contributed by atoms with E-state index in [0.29, 0.717) is 17.7 Å². The number of hydrogen-bond donors (Lipinski definition) is 2. The number of aryl methyl sites for hydroxylation is 1. The third-order valence-corrected chi connectivity index (χ3v) is 6.69. The fraction of sp³-hybridized carbons (Fsp3) is 0.300. The summed E-state index contributed by atoms with van der Waals surface area (Å²) in [5, 5.41) is 5.40. The Morgan fingerprint density at radius 3 is 2.46 bits per heavy atom. The number of nitrogens with one attached hydrogen (secondary N) is 2. The molecule has 2 aromatic carbocycles. The van der Waals surface area contributed by atoms with Crippen molar-refractivity contribution in [1.29, 1.82) is 0 Å². The molecule has 0 aromatic heterocycles. The normalized spacial score (nSPS) is 20.5. The Bertz CT molecular complexity index is 1050. The van der Waals surface area contributed by atoms with E-state index in [2.05, 4.69) is 10.6 Å². The summed E-state index contributed by atoms with van der Waals surface area (Å²) in [5.41, 5.74) is 0.443. The monoisotopic (exact) mass is 404 g/mol. The van der Waals surface area contributed by atoms with E-state index in [1.54, 1.807) is 32.0 Å². The molecule has 0 unspecified atom stereocenters. The molecule has 8 heteroatoms. The molecule has 0 saturated carbocycles. The minimum absolute atomic E-state index is 0.0433. The molecule has 6 nitrogen and oxygen atoms in total. The SMILES string of the molecule is Cc1ccc(C(=O)N[C@@]2(C)CCS(=O)(=O)C2)cc1NC(=O)c1ccccc1F. The number of hydrogen-bond acceptors (Lipinski definition) is 4. The van der Waals surface area contributed by atoms with Crippen LogP contribution in [-0.2, 0) is 9.84 Å². The average molecular weight is 404 g/mol.